The lowest BCUT2D eigenvalue weighted by atomic mass is 10.0. The maximum Gasteiger partial charge on any atom is 0.107 e. The molecule has 1 fully saturated rings. The topological polar surface area (TPSA) is 74.4 Å². The Labute approximate surface area is 128 Å². The van der Waals surface area contributed by atoms with E-state index < -0.39 is 12.2 Å². The molecule has 0 unspecified atom stereocenters. The van der Waals surface area contributed by atoms with Crippen molar-refractivity contribution in [1.29, 1.82) is 0 Å². The van der Waals surface area contributed by atoms with Crippen LogP contribution in [0.4, 0.5) is 11.4 Å². The summed E-state index contributed by atoms with van der Waals surface area (Å²) in [5, 5.41) is 27.2. The van der Waals surface area contributed by atoms with Crippen LogP contribution in [0.5, 0.6) is 0 Å². The lowest BCUT2D eigenvalue weighted by Crippen LogP contribution is -2.24. The smallest absolute Gasteiger partial charge is 0.107 e. The Hall–Kier alpha value is -2.08. The summed E-state index contributed by atoms with van der Waals surface area (Å²) in [6.45, 7) is -0.166. The number of nitrogens with zero attached hydrogens (tertiary/aromatic N) is 2. The summed E-state index contributed by atoms with van der Waals surface area (Å²) < 4.78 is 5.62. The fourth-order valence-corrected chi connectivity index (χ4v) is 2.47. The van der Waals surface area contributed by atoms with Crippen LogP contribution in [0.2, 0.25) is 0 Å². The molecule has 3 atom stereocenters. The van der Waals surface area contributed by atoms with Crippen LogP contribution in [-0.2, 0) is 4.74 Å². The number of aliphatic hydroxyl groups excluding tert-OH is 2. The normalized spacial score (nSPS) is 24.9. The van der Waals surface area contributed by atoms with Crippen LogP contribution in [0.25, 0.3) is 0 Å². The number of benzene rings is 2. The number of azo groups is 1. The fraction of sp³-hybridized carbons (Fsp3) is 0.294. The summed E-state index contributed by atoms with van der Waals surface area (Å²) in [7, 11) is 0. The van der Waals surface area contributed by atoms with Crippen LogP contribution in [0, 0.1) is 0 Å². The Morgan fingerprint density at radius 1 is 0.955 bits per heavy atom. The Morgan fingerprint density at radius 3 is 2.18 bits per heavy atom. The zero-order valence-corrected chi connectivity index (χ0v) is 12.0. The third kappa shape index (κ3) is 3.39. The first-order valence-corrected chi connectivity index (χ1v) is 7.27. The number of hydrogen-bond acceptors (Lipinski definition) is 5. The van der Waals surface area contributed by atoms with Gasteiger partial charge in [0.2, 0.25) is 0 Å². The second-order valence-corrected chi connectivity index (χ2v) is 5.28. The molecule has 5 heteroatoms. The van der Waals surface area contributed by atoms with Crippen molar-refractivity contribution in [1.82, 2.24) is 0 Å². The van der Waals surface area contributed by atoms with E-state index in [1.165, 1.54) is 0 Å². The van der Waals surface area contributed by atoms with Crippen molar-refractivity contribution in [2.75, 3.05) is 6.61 Å². The molecule has 1 aliphatic rings. The standard InChI is InChI=1S/C17H18N2O3/c20-11-17-15(21)10-16(22-17)12-6-8-14(9-7-12)19-18-13-4-2-1-3-5-13/h1-9,15-17,20-21H,10-11H2/t15-,16-,17-/m1/s1. The molecule has 2 aromatic rings. The molecule has 0 amide bonds. The molecule has 22 heavy (non-hydrogen) atoms. The van der Waals surface area contributed by atoms with E-state index in [1.807, 2.05) is 54.6 Å². The number of ether oxygens (including phenoxy) is 1. The molecule has 1 aliphatic heterocycles. The lowest BCUT2D eigenvalue weighted by Gasteiger charge is -2.12. The molecule has 0 saturated carbocycles. The van der Waals surface area contributed by atoms with Crippen LogP contribution < -0.4 is 0 Å². The zero-order valence-electron chi connectivity index (χ0n) is 12.0. The number of rotatable bonds is 4. The maximum absolute atomic E-state index is 9.77. The molecule has 0 radical (unpaired) electrons. The summed E-state index contributed by atoms with van der Waals surface area (Å²) in [5.74, 6) is 0. The SMILES string of the molecule is OC[C@H]1O[C@@H](c2ccc(N=Nc3ccccc3)cc2)C[C@H]1O. The highest BCUT2D eigenvalue weighted by Crippen LogP contribution is 2.33. The van der Waals surface area contributed by atoms with Crippen molar-refractivity contribution in [2.45, 2.75) is 24.7 Å². The summed E-state index contributed by atoms with van der Waals surface area (Å²) >= 11 is 0. The van der Waals surface area contributed by atoms with Gasteiger partial charge in [0, 0.05) is 6.42 Å². The first-order chi connectivity index (χ1) is 10.8. The molecule has 0 aliphatic carbocycles. The van der Waals surface area contributed by atoms with Crippen LogP contribution >= 0.6 is 0 Å². The lowest BCUT2D eigenvalue weighted by molar-refractivity contribution is -0.0225. The van der Waals surface area contributed by atoms with E-state index in [2.05, 4.69) is 10.2 Å². The molecule has 0 bridgehead atoms. The van der Waals surface area contributed by atoms with Gasteiger partial charge in [0.25, 0.3) is 0 Å². The highest BCUT2D eigenvalue weighted by molar-refractivity contribution is 5.41. The number of aliphatic hydroxyl groups is 2. The van der Waals surface area contributed by atoms with Gasteiger partial charge in [0.15, 0.2) is 0 Å². The van der Waals surface area contributed by atoms with Crippen molar-refractivity contribution in [3.63, 3.8) is 0 Å². The van der Waals surface area contributed by atoms with Gasteiger partial charge in [0.1, 0.15) is 6.10 Å². The van der Waals surface area contributed by atoms with Gasteiger partial charge < -0.3 is 14.9 Å². The third-order valence-electron chi connectivity index (χ3n) is 3.71. The van der Waals surface area contributed by atoms with Gasteiger partial charge in [0.05, 0.1) is 30.2 Å². The largest absolute Gasteiger partial charge is 0.394 e. The van der Waals surface area contributed by atoms with Crippen LogP contribution in [-0.4, -0.2) is 29.0 Å². The third-order valence-corrected chi connectivity index (χ3v) is 3.71. The first kappa shape index (κ1) is 14.8. The van der Waals surface area contributed by atoms with Crippen molar-refractivity contribution in [3.05, 3.63) is 60.2 Å². The highest BCUT2D eigenvalue weighted by Gasteiger charge is 2.34. The molecular formula is C17H18N2O3. The van der Waals surface area contributed by atoms with E-state index in [0.717, 1.165) is 16.9 Å². The molecule has 2 aromatic carbocycles. The van der Waals surface area contributed by atoms with Crippen LogP contribution in [0.3, 0.4) is 0 Å². The van der Waals surface area contributed by atoms with Crippen molar-refractivity contribution in [3.8, 4) is 0 Å². The predicted molar refractivity (Wildman–Crippen MR) is 82.4 cm³/mol. The zero-order chi connectivity index (χ0) is 15.4. The van der Waals surface area contributed by atoms with Crippen LogP contribution in [0.1, 0.15) is 18.1 Å². The van der Waals surface area contributed by atoms with E-state index in [-0.39, 0.29) is 12.7 Å². The fourth-order valence-electron chi connectivity index (χ4n) is 2.47. The van der Waals surface area contributed by atoms with Crippen molar-refractivity contribution >= 4 is 11.4 Å². The molecule has 5 nitrogen and oxygen atoms in total. The van der Waals surface area contributed by atoms with Gasteiger partial charge in [-0.3, -0.25) is 0 Å². The Bertz CT molecular complexity index is 628. The van der Waals surface area contributed by atoms with E-state index in [1.54, 1.807) is 0 Å². The molecule has 1 saturated heterocycles. The van der Waals surface area contributed by atoms with Gasteiger partial charge in [-0.1, -0.05) is 30.3 Å². The van der Waals surface area contributed by atoms with Gasteiger partial charge in [-0.2, -0.15) is 10.2 Å². The van der Waals surface area contributed by atoms with Crippen molar-refractivity contribution in [2.24, 2.45) is 10.2 Å². The average Bonchev–Trinajstić information content (AvgIpc) is 2.95. The van der Waals surface area contributed by atoms with E-state index in [0.29, 0.717) is 6.42 Å². The first-order valence-electron chi connectivity index (χ1n) is 7.27. The molecule has 0 aromatic heterocycles. The predicted octanol–water partition coefficient (Wildman–Crippen LogP) is 3.29. The minimum absolute atomic E-state index is 0.166. The summed E-state index contributed by atoms with van der Waals surface area (Å²) in [4.78, 5) is 0. The number of hydrogen-bond donors (Lipinski definition) is 2. The quantitative estimate of drug-likeness (QED) is 0.851. The Kier molecular flexibility index (Phi) is 4.58. The van der Waals surface area contributed by atoms with Crippen molar-refractivity contribution < 1.29 is 14.9 Å². The van der Waals surface area contributed by atoms with Gasteiger partial charge >= 0.3 is 0 Å². The molecule has 2 N–H and O–H groups in total. The summed E-state index contributed by atoms with van der Waals surface area (Å²) in [5.41, 5.74) is 2.53. The molecule has 114 valence electrons. The minimum atomic E-state index is -0.618. The maximum atomic E-state index is 9.77. The molecule has 3 rings (SSSR count). The van der Waals surface area contributed by atoms with Gasteiger partial charge in [-0.25, -0.2) is 0 Å². The second kappa shape index (κ2) is 6.79. The van der Waals surface area contributed by atoms with Gasteiger partial charge in [-0.15, -0.1) is 0 Å². The average molecular weight is 298 g/mol. The monoisotopic (exact) mass is 298 g/mol. The Morgan fingerprint density at radius 2 is 1.59 bits per heavy atom. The highest BCUT2D eigenvalue weighted by atomic mass is 16.5. The van der Waals surface area contributed by atoms with Crippen LogP contribution in [0.15, 0.2) is 64.8 Å². The van der Waals surface area contributed by atoms with Gasteiger partial charge in [-0.05, 0) is 29.8 Å². The van der Waals surface area contributed by atoms with E-state index in [4.69, 9.17) is 9.84 Å². The summed E-state index contributed by atoms with van der Waals surface area (Å²) in [6, 6.07) is 17.1. The summed E-state index contributed by atoms with van der Waals surface area (Å²) in [6.07, 6.45) is -0.807. The minimum Gasteiger partial charge on any atom is -0.394 e. The molecule has 1 heterocycles. The van der Waals surface area contributed by atoms with E-state index in [9.17, 15) is 5.11 Å². The Balaban J connectivity index is 1.67. The van der Waals surface area contributed by atoms with E-state index >= 15 is 0 Å². The molecule has 0 spiro atoms. The molecular weight excluding hydrogens is 280 g/mol. The second-order valence-electron chi connectivity index (χ2n) is 5.28.